The molecule has 1 unspecified atom stereocenters. The predicted molar refractivity (Wildman–Crippen MR) is 204 cm³/mol. The van der Waals surface area contributed by atoms with Crippen molar-refractivity contribution in [2.24, 2.45) is 0 Å². The number of carbonyl (C=O) groups excluding carboxylic acids is 4. The molecule has 2 atom stereocenters. The van der Waals surface area contributed by atoms with Crippen LogP contribution in [0.3, 0.4) is 0 Å². The molecule has 8 nitrogen and oxygen atoms in total. The number of hydrogen-bond acceptors (Lipinski definition) is 7. The predicted octanol–water partition coefficient (Wildman–Crippen LogP) is 6.12. The molecule has 0 saturated carbocycles. The summed E-state index contributed by atoms with van der Waals surface area (Å²) in [7, 11) is 1.75. The van der Waals surface area contributed by atoms with Crippen molar-refractivity contribution >= 4 is 51.1 Å². The Labute approximate surface area is 304 Å². The average molecular weight is 752 g/mol. The fourth-order valence-electron chi connectivity index (χ4n) is 5.91. The molecule has 0 aromatic heterocycles. The summed E-state index contributed by atoms with van der Waals surface area (Å²) in [5.41, 5.74) is 3.23. The Morgan fingerprint density at radius 2 is 1.31 bits per heavy atom. The van der Waals surface area contributed by atoms with Gasteiger partial charge in [-0.2, -0.15) is 0 Å². The zero-order valence-electron chi connectivity index (χ0n) is 28.7. The molecular weight excluding hydrogens is 700 g/mol. The van der Waals surface area contributed by atoms with Gasteiger partial charge in [0.25, 0.3) is 0 Å². The molecule has 0 fully saturated rings. The van der Waals surface area contributed by atoms with Crippen LogP contribution in [-0.2, 0) is 23.9 Å². The van der Waals surface area contributed by atoms with E-state index in [2.05, 4.69) is 73.6 Å². The monoisotopic (exact) mass is 750 g/mol. The summed E-state index contributed by atoms with van der Waals surface area (Å²) >= 11 is 4.79. The summed E-state index contributed by atoms with van der Waals surface area (Å²) in [4.78, 5) is 50.2. The van der Waals surface area contributed by atoms with Gasteiger partial charge in [-0.05, 0) is 55.8 Å². The highest BCUT2D eigenvalue weighted by Crippen LogP contribution is 2.48. The van der Waals surface area contributed by atoms with Gasteiger partial charge in [0.1, 0.15) is 5.78 Å². The molecular formula is C39H51BrN4O4S. The number of nitrogens with one attached hydrogen (secondary N) is 4. The Balaban J connectivity index is 1.81. The van der Waals surface area contributed by atoms with E-state index in [0.717, 1.165) is 48.8 Å². The SMILES string of the molecule is CNCC(=O)[C@H](CCCCCC(=O)CBr)NC(CCCCNC(C)=O)NC(=O)CSC(c1ccccc1)(c1ccccc1)c1ccccc1. The molecule has 10 heteroatoms. The Kier molecular flexibility index (Phi) is 18.4. The summed E-state index contributed by atoms with van der Waals surface area (Å²) in [6.07, 6.45) is 5.19. The van der Waals surface area contributed by atoms with Gasteiger partial charge in [0.05, 0.1) is 34.6 Å². The normalized spacial score (nSPS) is 12.6. The minimum atomic E-state index is -0.635. The van der Waals surface area contributed by atoms with E-state index in [1.165, 1.54) is 6.92 Å². The van der Waals surface area contributed by atoms with Crippen molar-refractivity contribution in [3.63, 3.8) is 0 Å². The number of Topliss-reactive ketones (excluding diaryl/α,β-unsaturated/α-hetero) is 2. The third-order valence-corrected chi connectivity index (χ3v) is 10.5. The molecule has 264 valence electrons. The van der Waals surface area contributed by atoms with E-state index in [9.17, 15) is 19.2 Å². The van der Waals surface area contributed by atoms with Crippen LogP contribution in [-0.4, -0.2) is 66.8 Å². The first-order valence-corrected chi connectivity index (χ1v) is 19.3. The van der Waals surface area contributed by atoms with Crippen LogP contribution in [0.5, 0.6) is 0 Å². The van der Waals surface area contributed by atoms with E-state index >= 15 is 0 Å². The third kappa shape index (κ3) is 13.5. The van der Waals surface area contributed by atoms with Crippen molar-refractivity contribution in [1.29, 1.82) is 0 Å². The number of benzene rings is 3. The molecule has 4 N–H and O–H groups in total. The van der Waals surface area contributed by atoms with Crippen LogP contribution in [0, 0.1) is 0 Å². The fourth-order valence-corrected chi connectivity index (χ4v) is 7.52. The molecule has 0 heterocycles. The van der Waals surface area contributed by atoms with E-state index in [1.807, 2.05) is 54.6 Å². The standard InChI is InChI=1S/C39H51BrN4O4S/c1-30(45)42-26-16-15-25-37(43-35(36(47)28-41-2)24-14-6-13-23-34(46)27-40)44-38(48)29-49-39(31-17-7-3-8-18-31,32-19-9-4-10-20-32)33-21-11-5-12-22-33/h3-5,7-12,17-22,35,37,41,43H,6,13-16,23-29H2,1-2H3,(H,42,45)(H,44,48)/t35-,37?/m0/s1. The van der Waals surface area contributed by atoms with Crippen LogP contribution in [0.1, 0.15) is 75.0 Å². The van der Waals surface area contributed by atoms with E-state index in [-0.39, 0.29) is 35.7 Å². The third-order valence-electron chi connectivity index (χ3n) is 8.33. The number of likely N-dealkylation sites (N-methyl/N-ethyl adjacent to an activating group) is 1. The van der Waals surface area contributed by atoms with E-state index in [1.54, 1.807) is 18.8 Å². The fraction of sp³-hybridized carbons (Fsp3) is 0.436. The summed E-state index contributed by atoms with van der Waals surface area (Å²) in [6.45, 7) is 2.26. The molecule has 3 aromatic carbocycles. The van der Waals surface area contributed by atoms with Gasteiger partial charge in [-0.3, -0.25) is 24.5 Å². The molecule has 0 aliphatic carbocycles. The Morgan fingerprint density at radius 3 is 1.82 bits per heavy atom. The number of rotatable bonds is 24. The lowest BCUT2D eigenvalue weighted by Gasteiger charge is -2.35. The van der Waals surface area contributed by atoms with Crippen molar-refractivity contribution in [3.05, 3.63) is 108 Å². The van der Waals surface area contributed by atoms with Crippen LogP contribution in [0.25, 0.3) is 0 Å². The van der Waals surface area contributed by atoms with Gasteiger partial charge >= 0.3 is 0 Å². The highest BCUT2D eigenvalue weighted by Gasteiger charge is 2.37. The lowest BCUT2D eigenvalue weighted by atomic mass is 9.84. The Morgan fingerprint density at radius 1 is 0.755 bits per heavy atom. The number of thioether (sulfide) groups is 1. The largest absolute Gasteiger partial charge is 0.356 e. The van der Waals surface area contributed by atoms with Crippen LogP contribution >= 0.6 is 27.7 Å². The maximum Gasteiger partial charge on any atom is 0.231 e. The van der Waals surface area contributed by atoms with Crippen LogP contribution in [0.2, 0.25) is 0 Å². The zero-order valence-corrected chi connectivity index (χ0v) is 31.1. The van der Waals surface area contributed by atoms with Gasteiger partial charge in [-0.25, -0.2) is 0 Å². The summed E-state index contributed by atoms with van der Waals surface area (Å²) < 4.78 is -0.635. The van der Waals surface area contributed by atoms with E-state index in [0.29, 0.717) is 31.1 Å². The molecule has 3 rings (SSSR count). The van der Waals surface area contributed by atoms with Gasteiger partial charge in [-0.1, -0.05) is 120 Å². The molecule has 2 amide bonds. The number of unbranched alkanes of at least 4 members (excludes halogenated alkanes) is 3. The molecule has 0 aliphatic heterocycles. The van der Waals surface area contributed by atoms with Gasteiger partial charge < -0.3 is 16.0 Å². The molecule has 0 aliphatic rings. The first kappa shape index (κ1) is 40.1. The first-order chi connectivity index (χ1) is 23.8. The number of halogens is 1. The van der Waals surface area contributed by atoms with Gasteiger partial charge in [-0.15, -0.1) is 11.8 Å². The summed E-state index contributed by atoms with van der Waals surface area (Å²) in [5.74, 6) is 0.178. The van der Waals surface area contributed by atoms with Crippen molar-refractivity contribution in [2.45, 2.75) is 75.2 Å². The second-order valence-electron chi connectivity index (χ2n) is 12.2. The molecule has 0 saturated heterocycles. The van der Waals surface area contributed by atoms with Crippen molar-refractivity contribution < 1.29 is 19.2 Å². The van der Waals surface area contributed by atoms with Crippen molar-refractivity contribution in [1.82, 2.24) is 21.3 Å². The number of carbonyl (C=O) groups is 4. The van der Waals surface area contributed by atoms with Crippen molar-refractivity contribution in [3.8, 4) is 0 Å². The van der Waals surface area contributed by atoms with E-state index in [4.69, 9.17) is 0 Å². The second-order valence-corrected chi connectivity index (χ2v) is 13.9. The van der Waals surface area contributed by atoms with Gasteiger partial charge in [0.2, 0.25) is 11.8 Å². The molecule has 0 radical (unpaired) electrons. The Hall–Kier alpha value is -3.31. The highest BCUT2D eigenvalue weighted by molar-refractivity contribution is 9.09. The van der Waals surface area contributed by atoms with Crippen LogP contribution in [0.15, 0.2) is 91.0 Å². The topological polar surface area (TPSA) is 116 Å². The Bertz CT molecular complexity index is 1330. The number of ketones is 2. The minimum Gasteiger partial charge on any atom is -0.356 e. The van der Waals surface area contributed by atoms with Crippen molar-refractivity contribution in [2.75, 3.05) is 31.2 Å². The molecule has 0 bridgehead atoms. The smallest absolute Gasteiger partial charge is 0.231 e. The number of alkyl halides is 1. The van der Waals surface area contributed by atoms with Crippen LogP contribution < -0.4 is 21.3 Å². The lowest BCUT2D eigenvalue weighted by molar-refractivity contribution is -0.122. The lowest BCUT2D eigenvalue weighted by Crippen LogP contribution is -2.53. The molecule has 3 aromatic rings. The van der Waals surface area contributed by atoms with Crippen LogP contribution in [0.4, 0.5) is 0 Å². The zero-order chi connectivity index (χ0) is 35.3. The van der Waals surface area contributed by atoms with Gasteiger partial charge in [0, 0.05) is 19.9 Å². The summed E-state index contributed by atoms with van der Waals surface area (Å²) in [5, 5.41) is 12.9. The first-order valence-electron chi connectivity index (χ1n) is 17.2. The highest BCUT2D eigenvalue weighted by atomic mass is 79.9. The number of hydrogen-bond donors (Lipinski definition) is 4. The second kappa shape index (κ2) is 22.4. The maximum absolute atomic E-state index is 13.9. The average Bonchev–Trinajstić information content (AvgIpc) is 3.12. The van der Waals surface area contributed by atoms with Gasteiger partial charge in [0.15, 0.2) is 5.78 Å². The quantitative estimate of drug-likeness (QED) is 0.0378. The number of amides is 2. The summed E-state index contributed by atoms with van der Waals surface area (Å²) in [6, 6.07) is 30.4. The minimum absolute atomic E-state index is 0.0298. The molecule has 49 heavy (non-hydrogen) atoms. The molecule has 0 spiro atoms. The maximum atomic E-state index is 13.9. The van der Waals surface area contributed by atoms with E-state index < -0.39 is 17.0 Å².